The van der Waals surface area contributed by atoms with E-state index in [-0.39, 0.29) is 6.10 Å². The molecule has 1 atom stereocenters. The minimum Gasteiger partial charge on any atom is -0.376 e. The Balaban J connectivity index is 1.69. The van der Waals surface area contributed by atoms with Crippen molar-refractivity contribution in [2.24, 2.45) is 0 Å². The Bertz CT molecular complexity index is 786. The molecule has 0 aromatic carbocycles. The average molecular weight is 298 g/mol. The van der Waals surface area contributed by atoms with Gasteiger partial charge in [0.25, 0.3) is 0 Å². The Hall–Kier alpha value is -2.41. The molecule has 4 heterocycles. The molecule has 0 saturated carbocycles. The molecule has 0 amide bonds. The summed E-state index contributed by atoms with van der Waals surface area (Å²) in [6.07, 6.45) is 7.99. The van der Waals surface area contributed by atoms with Crippen LogP contribution in [0.1, 0.15) is 18.7 Å². The molecular formula is C15H18N6O. The van der Waals surface area contributed by atoms with E-state index in [0.717, 1.165) is 49.1 Å². The monoisotopic (exact) mass is 298 g/mol. The number of nitrogens with zero attached hydrogens (tertiary/aromatic N) is 5. The van der Waals surface area contributed by atoms with E-state index in [1.807, 2.05) is 34.3 Å². The second-order valence-corrected chi connectivity index (χ2v) is 5.46. The molecule has 0 aliphatic carbocycles. The Kier molecular flexibility index (Phi) is 3.27. The van der Waals surface area contributed by atoms with Crippen LogP contribution in [0.2, 0.25) is 0 Å². The van der Waals surface area contributed by atoms with E-state index < -0.39 is 0 Å². The van der Waals surface area contributed by atoms with Crippen molar-refractivity contribution in [3.63, 3.8) is 0 Å². The summed E-state index contributed by atoms with van der Waals surface area (Å²) in [4.78, 5) is 8.88. The SMILES string of the molecule is Cc1nccn1-c1cc(NCC2CCCO2)nc2ccnn12. The fraction of sp³-hybridized carbons (Fsp3) is 0.400. The molecule has 0 spiro atoms. The molecule has 1 saturated heterocycles. The molecule has 0 radical (unpaired) electrons. The van der Waals surface area contributed by atoms with E-state index in [4.69, 9.17) is 4.74 Å². The lowest BCUT2D eigenvalue weighted by Gasteiger charge is -2.14. The van der Waals surface area contributed by atoms with Crippen molar-refractivity contribution >= 4 is 11.5 Å². The van der Waals surface area contributed by atoms with Gasteiger partial charge in [-0.1, -0.05) is 0 Å². The van der Waals surface area contributed by atoms with Gasteiger partial charge in [-0.15, -0.1) is 0 Å². The van der Waals surface area contributed by atoms with Crippen molar-refractivity contribution in [3.8, 4) is 5.82 Å². The van der Waals surface area contributed by atoms with Gasteiger partial charge in [-0.05, 0) is 19.8 Å². The number of nitrogens with one attached hydrogen (secondary N) is 1. The van der Waals surface area contributed by atoms with E-state index in [0.29, 0.717) is 0 Å². The average Bonchev–Trinajstić information content (AvgIpc) is 3.25. The quantitative estimate of drug-likeness (QED) is 0.795. The van der Waals surface area contributed by atoms with E-state index >= 15 is 0 Å². The summed E-state index contributed by atoms with van der Waals surface area (Å²) in [6.45, 7) is 3.61. The number of aryl methyl sites for hydroxylation is 1. The summed E-state index contributed by atoms with van der Waals surface area (Å²) in [6, 6.07) is 3.89. The van der Waals surface area contributed by atoms with Gasteiger partial charge in [-0.25, -0.2) is 9.97 Å². The highest BCUT2D eigenvalue weighted by molar-refractivity contribution is 5.52. The van der Waals surface area contributed by atoms with Crippen LogP contribution >= 0.6 is 0 Å². The molecule has 1 aliphatic heterocycles. The predicted molar refractivity (Wildman–Crippen MR) is 82.3 cm³/mol. The first-order valence-electron chi connectivity index (χ1n) is 7.52. The van der Waals surface area contributed by atoms with Gasteiger partial charge in [0.15, 0.2) is 5.65 Å². The Morgan fingerprint density at radius 3 is 3.14 bits per heavy atom. The number of hydrogen-bond acceptors (Lipinski definition) is 5. The fourth-order valence-electron chi connectivity index (χ4n) is 2.80. The number of anilines is 1. The third kappa shape index (κ3) is 2.33. The minimum absolute atomic E-state index is 0.279. The zero-order valence-electron chi connectivity index (χ0n) is 12.4. The van der Waals surface area contributed by atoms with E-state index in [2.05, 4.69) is 20.4 Å². The molecule has 1 fully saturated rings. The predicted octanol–water partition coefficient (Wildman–Crippen LogP) is 1.81. The second kappa shape index (κ2) is 5.42. The number of rotatable bonds is 4. The minimum atomic E-state index is 0.279. The maximum atomic E-state index is 5.65. The molecule has 3 aromatic heterocycles. The highest BCUT2D eigenvalue weighted by Crippen LogP contribution is 2.18. The van der Waals surface area contributed by atoms with E-state index in [1.165, 1.54) is 0 Å². The Morgan fingerprint density at radius 2 is 2.36 bits per heavy atom. The molecule has 7 heteroatoms. The van der Waals surface area contributed by atoms with Crippen LogP contribution in [0.4, 0.5) is 5.82 Å². The lowest BCUT2D eigenvalue weighted by Crippen LogP contribution is -2.19. The van der Waals surface area contributed by atoms with Crippen molar-refractivity contribution in [2.45, 2.75) is 25.9 Å². The molecule has 0 bridgehead atoms. The highest BCUT2D eigenvalue weighted by atomic mass is 16.5. The van der Waals surface area contributed by atoms with Gasteiger partial charge in [0.2, 0.25) is 0 Å². The lowest BCUT2D eigenvalue weighted by atomic mass is 10.2. The number of hydrogen-bond donors (Lipinski definition) is 1. The van der Waals surface area contributed by atoms with Gasteiger partial charge in [0.1, 0.15) is 17.5 Å². The first-order valence-corrected chi connectivity index (χ1v) is 7.52. The van der Waals surface area contributed by atoms with Crippen LogP contribution in [-0.4, -0.2) is 43.4 Å². The van der Waals surface area contributed by atoms with Crippen molar-refractivity contribution in [2.75, 3.05) is 18.5 Å². The molecular weight excluding hydrogens is 280 g/mol. The number of fused-ring (bicyclic) bond motifs is 1. The van der Waals surface area contributed by atoms with Crippen LogP contribution in [0.25, 0.3) is 11.5 Å². The standard InChI is InChI=1S/C15H18N6O/c1-11-16-6-7-20(11)15-9-13(17-10-12-3-2-8-22-12)19-14-4-5-18-21(14)15/h4-7,9,12H,2-3,8,10H2,1H3,(H,17,19). The summed E-state index contributed by atoms with van der Waals surface area (Å²) < 4.78 is 9.46. The molecule has 22 heavy (non-hydrogen) atoms. The molecule has 7 nitrogen and oxygen atoms in total. The number of ether oxygens (including phenoxy) is 1. The summed E-state index contributed by atoms with van der Waals surface area (Å²) in [5, 5.41) is 7.73. The van der Waals surface area contributed by atoms with Crippen LogP contribution in [0.3, 0.4) is 0 Å². The second-order valence-electron chi connectivity index (χ2n) is 5.46. The van der Waals surface area contributed by atoms with Crippen molar-refractivity contribution < 1.29 is 4.74 Å². The zero-order chi connectivity index (χ0) is 14.9. The first-order chi connectivity index (χ1) is 10.8. The summed E-state index contributed by atoms with van der Waals surface area (Å²) in [7, 11) is 0. The van der Waals surface area contributed by atoms with Gasteiger partial charge in [-0.3, -0.25) is 4.57 Å². The molecule has 1 aliphatic rings. The van der Waals surface area contributed by atoms with Gasteiger partial charge < -0.3 is 10.1 Å². The number of aromatic nitrogens is 5. The first kappa shape index (κ1) is 13.3. The van der Waals surface area contributed by atoms with Crippen LogP contribution in [0, 0.1) is 6.92 Å². The molecule has 3 aromatic rings. The van der Waals surface area contributed by atoms with Gasteiger partial charge >= 0.3 is 0 Å². The van der Waals surface area contributed by atoms with Crippen molar-refractivity contribution in [1.29, 1.82) is 0 Å². The number of imidazole rings is 1. The topological polar surface area (TPSA) is 69.3 Å². The van der Waals surface area contributed by atoms with Gasteiger partial charge in [0.05, 0.1) is 12.3 Å². The molecule has 1 unspecified atom stereocenters. The zero-order valence-corrected chi connectivity index (χ0v) is 12.4. The summed E-state index contributed by atoms with van der Waals surface area (Å²) >= 11 is 0. The maximum absolute atomic E-state index is 5.65. The van der Waals surface area contributed by atoms with E-state index in [9.17, 15) is 0 Å². The smallest absolute Gasteiger partial charge is 0.159 e. The third-order valence-corrected chi connectivity index (χ3v) is 3.95. The molecule has 1 N–H and O–H groups in total. The molecule has 4 rings (SSSR count). The summed E-state index contributed by atoms with van der Waals surface area (Å²) in [5.74, 6) is 2.65. The Labute approximate surface area is 128 Å². The van der Waals surface area contributed by atoms with Crippen LogP contribution in [-0.2, 0) is 4.74 Å². The Morgan fingerprint density at radius 1 is 1.41 bits per heavy atom. The van der Waals surface area contributed by atoms with Crippen LogP contribution in [0.15, 0.2) is 30.7 Å². The van der Waals surface area contributed by atoms with Gasteiger partial charge in [0, 0.05) is 37.7 Å². The lowest BCUT2D eigenvalue weighted by molar-refractivity contribution is 0.120. The van der Waals surface area contributed by atoms with Gasteiger partial charge in [-0.2, -0.15) is 9.61 Å². The largest absolute Gasteiger partial charge is 0.376 e. The van der Waals surface area contributed by atoms with Crippen LogP contribution < -0.4 is 5.32 Å². The molecule has 114 valence electrons. The fourth-order valence-corrected chi connectivity index (χ4v) is 2.80. The van der Waals surface area contributed by atoms with Crippen molar-refractivity contribution in [3.05, 3.63) is 36.5 Å². The normalized spacial score (nSPS) is 18.1. The van der Waals surface area contributed by atoms with E-state index in [1.54, 1.807) is 12.4 Å². The van der Waals surface area contributed by atoms with Crippen molar-refractivity contribution in [1.82, 2.24) is 24.1 Å². The maximum Gasteiger partial charge on any atom is 0.159 e. The summed E-state index contributed by atoms with van der Waals surface area (Å²) in [5.41, 5.74) is 0.806. The van der Waals surface area contributed by atoms with Crippen LogP contribution in [0.5, 0.6) is 0 Å². The highest BCUT2D eigenvalue weighted by Gasteiger charge is 2.16. The third-order valence-electron chi connectivity index (χ3n) is 3.95.